The van der Waals surface area contributed by atoms with E-state index in [2.05, 4.69) is 0 Å². The van der Waals surface area contributed by atoms with Gasteiger partial charge in [0.15, 0.2) is 6.10 Å². The fourth-order valence-corrected chi connectivity index (χ4v) is 1.37. The number of carbonyl (C=O) groups is 1. The van der Waals surface area contributed by atoms with E-state index in [-0.39, 0.29) is 12.5 Å². The van der Waals surface area contributed by atoms with Crippen LogP contribution in [0.4, 0.5) is 0 Å². The topological polar surface area (TPSA) is 46.5 Å². The van der Waals surface area contributed by atoms with Gasteiger partial charge in [-0.15, -0.1) is 0 Å². The number of ether oxygens (including phenoxy) is 1. The molecule has 0 heterocycles. The van der Waals surface area contributed by atoms with Gasteiger partial charge in [0.1, 0.15) is 6.61 Å². The van der Waals surface area contributed by atoms with E-state index in [9.17, 15) is 9.90 Å². The van der Waals surface area contributed by atoms with Gasteiger partial charge in [-0.1, -0.05) is 44.2 Å². The summed E-state index contributed by atoms with van der Waals surface area (Å²) < 4.78 is 5.00. The summed E-state index contributed by atoms with van der Waals surface area (Å²) >= 11 is 0. The van der Waals surface area contributed by atoms with Crippen LogP contribution in [0.2, 0.25) is 0 Å². The monoisotopic (exact) mass is 222 g/mol. The van der Waals surface area contributed by atoms with Crippen molar-refractivity contribution >= 4 is 5.97 Å². The Hall–Kier alpha value is -1.35. The predicted molar refractivity (Wildman–Crippen MR) is 61.7 cm³/mol. The standard InChI is InChI=1S/C13H18O3/c1-10(2)8-12(14)13(15)16-9-11-6-4-3-5-7-11/h3-7,10,12,14H,8-9H2,1-2H3/t12-/m0/s1. The van der Waals surface area contributed by atoms with E-state index in [0.29, 0.717) is 6.42 Å². The van der Waals surface area contributed by atoms with Crippen molar-refractivity contribution in [2.45, 2.75) is 33.0 Å². The molecule has 1 aromatic rings. The van der Waals surface area contributed by atoms with E-state index in [0.717, 1.165) is 5.56 Å². The Labute approximate surface area is 96.1 Å². The fourth-order valence-electron chi connectivity index (χ4n) is 1.37. The van der Waals surface area contributed by atoms with Gasteiger partial charge in [-0.05, 0) is 17.9 Å². The molecule has 3 heteroatoms. The molecular weight excluding hydrogens is 204 g/mol. The lowest BCUT2D eigenvalue weighted by Crippen LogP contribution is -2.24. The molecule has 0 bridgehead atoms. The number of hydrogen-bond donors (Lipinski definition) is 1. The maximum absolute atomic E-state index is 11.4. The molecule has 0 saturated carbocycles. The highest BCUT2D eigenvalue weighted by Gasteiger charge is 2.17. The molecule has 1 atom stereocenters. The second-order valence-electron chi connectivity index (χ2n) is 4.24. The van der Waals surface area contributed by atoms with Crippen molar-refractivity contribution in [3.05, 3.63) is 35.9 Å². The minimum atomic E-state index is -1.01. The van der Waals surface area contributed by atoms with Crippen molar-refractivity contribution < 1.29 is 14.6 Å². The van der Waals surface area contributed by atoms with E-state index in [1.165, 1.54) is 0 Å². The van der Waals surface area contributed by atoms with Gasteiger partial charge >= 0.3 is 5.97 Å². The Morgan fingerprint density at radius 1 is 1.31 bits per heavy atom. The Kier molecular flexibility index (Phi) is 4.99. The summed E-state index contributed by atoms with van der Waals surface area (Å²) in [4.78, 5) is 11.4. The molecule has 0 fully saturated rings. The molecular formula is C13H18O3. The van der Waals surface area contributed by atoms with Gasteiger partial charge in [-0.25, -0.2) is 4.79 Å². The first-order valence-corrected chi connectivity index (χ1v) is 5.48. The van der Waals surface area contributed by atoms with Crippen LogP contribution >= 0.6 is 0 Å². The fraction of sp³-hybridized carbons (Fsp3) is 0.462. The van der Waals surface area contributed by atoms with Crippen molar-refractivity contribution in [1.82, 2.24) is 0 Å². The highest BCUT2D eigenvalue weighted by atomic mass is 16.5. The third-order valence-corrected chi connectivity index (χ3v) is 2.19. The van der Waals surface area contributed by atoms with Gasteiger partial charge < -0.3 is 9.84 Å². The zero-order valence-corrected chi connectivity index (χ0v) is 9.72. The van der Waals surface area contributed by atoms with Crippen LogP contribution in [0, 0.1) is 5.92 Å². The summed E-state index contributed by atoms with van der Waals surface area (Å²) in [6.07, 6.45) is -0.572. The number of aliphatic hydroxyl groups is 1. The summed E-state index contributed by atoms with van der Waals surface area (Å²) in [6.45, 7) is 4.12. The smallest absolute Gasteiger partial charge is 0.335 e. The summed E-state index contributed by atoms with van der Waals surface area (Å²) in [7, 11) is 0. The SMILES string of the molecule is CC(C)C[C@H](O)C(=O)OCc1ccccc1. The highest BCUT2D eigenvalue weighted by molar-refractivity contribution is 5.74. The van der Waals surface area contributed by atoms with Crippen molar-refractivity contribution in [2.75, 3.05) is 0 Å². The normalized spacial score (nSPS) is 12.5. The number of carbonyl (C=O) groups excluding carboxylic acids is 1. The lowest BCUT2D eigenvalue weighted by atomic mass is 10.1. The molecule has 0 amide bonds. The van der Waals surface area contributed by atoms with Crippen LogP contribution < -0.4 is 0 Å². The van der Waals surface area contributed by atoms with Crippen molar-refractivity contribution in [3.63, 3.8) is 0 Å². The molecule has 1 aromatic carbocycles. The number of esters is 1. The number of rotatable bonds is 5. The Morgan fingerprint density at radius 3 is 2.50 bits per heavy atom. The minimum absolute atomic E-state index is 0.217. The van der Waals surface area contributed by atoms with Crippen LogP contribution in [0.15, 0.2) is 30.3 Å². The summed E-state index contributed by atoms with van der Waals surface area (Å²) in [5.41, 5.74) is 0.924. The zero-order chi connectivity index (χ0) is 12.0. The first kappa shape index (κ1) is 12.7. The molecule has 0 spiro atoms. The average Bonchev–Trinajstić information content (AvgIpc) is 2.26. The number of hydrogen-bond acceptors (Lipinski definition) is 3. The van der Waals surface area contributed by atoms with E-state index >= 15 is 0 Å². The second-order valence-corrected chi connectivity index (χ2v) is 4.24. The van der Waals surface area contributed by atoms with Crippen molar-refractivity contribution in [3.8, 4) is 0 Å². The summed E-state index contributed by atoms with van der Waals surface area (Å²) in [6, 6.07) is 9.42. The van der Waals surface area contributed by atoms with E-state index in [4.69, 9.17) is 4.74 Å². The summed E-state index contributed by atoms with van der Waals surface area (Å²) in [5.74, 6) is -0.267. The number of aliphatic hydroxyl groups excluding tert-OH is 1. The first-order valence-electron chi connectivity index (χ1n) is 5.48. The number of benzene rings is 1. The van der Waals surface area contributed by atoms with Crippen LogP contribution in [0.5, 0.6) is 0 Å². The molecule has 0 aliphatic carbocycles. The third-order valence-electron chi connectivity index (χ3n) is 2.19. The van der Waals surface area contributed by atoms with E-state index < -0.39 is 12.1 Å². The van der Waals surface area contributed by atoms with Crippen molar-refractivity contribution in [2.24, 2.45) is 5.92 Å². The van der Waals surface area contributed by atoms with Gasteiger partial charge in [-0.3, -0.25) is 0 Å². The van der Waals surface area contributed by atoms with Crippen LogP contribution in [0.25, 0.3) is 0 Å². The lowest BCUT2D eigenvalue weighted by Gasteiger charge is -2.12. The third kappa shape index (κ3) is 4.45. The molecule has 0 saturated heterocycles. The lowest BCUT2D eigenvalue weighted by molar-refractivity contribution is -0.155. The molecule has 0 aliphatic heterocycles. The van der Waals surface area contributed by atoms with Crippen LogP contribution in [0.1, 0.15) is 25.8 Å². The maximum Gasteiger partial charge on any atom is 0.335 e. The molecule has 1 N–H and O–H groups in total. The van der Waals surface area contributed by atoms with E-state index in [1.807, 2.05) is 44.2 Å². The quantitative estimate of drug-likeness (QED) is 0.776. The Morgan fingerprint density at radius 2 is 1.94 bits per heavy atom. The Bertz CT molecular complexity index is 319. The maximum atomic E-state index is 11.4. The molecule has 0 aromatic heterocycles. The first-order chi connectivity index (χ1) is 7.59. The molecule has 0 radical (unpaired) electrons. The Balaban J connectivity index is 2.35. The van der Waals surface area contributed by atoms with E-state index in [1.54, 1.807) is 0 Å². The van der Waals surface area contributed by atoms with Gasteiger partial charge in [0.2, 0.25) is 0 Å². The van der Waals surface area contributed by atoms with Crippen LogP contribution in [0.3, 0.4) is 0 Å². The largest absolute Gasteiger partial charge is 0.459 e. The molecule has 1 rings (SSSR count). The molecule has 16 heavy (non-hydrogen) atoms. The van der Waals surface area contributed by atoms with Gasteiger partial charge in [0.05, 0.1) is 0 Å². The average molecular weight is 222 g/mol. The minimum Gasteiger partial charge on any atom is -0.459 e. The van der Waals surface area contributed by atoms with Gasteiger partial charge in [0.25, 0.3) is 0 Å². The molecule has 0 unspecified atom stereocenters. The van der Waals surface area contributed by atoms with Crippen molar-refractivity contribution in [1.29, 1.82) is 0 Å². The zero-order valence-electron chi connectivity index (χ0n) is 9.72. The molecule has 0 aliphatic rings. The summed E-state index contributed by atoms with van der Waals surface area (Å²) in [5, 5.41) is 9.49. The highest BCUT2D eigenvalue weighted by Crippen LogP contribution is 2.07. The molecule has 3 nitrogen and oxygen atoms in total. The second kappa shape index (κ2) is 6.28. The predicted octanol–water partition coefficient (Wildman–Crippen LogP) is 2.14. The molecule has 88 valence electrons. The van der Waals surface area contributed by atoms with Gasteiger partial charge in [0, 0.05) is 0 Å². The van der Waals surface area contributed by atoms with Crippen LogP contribution in [-0.2, 0) is 16.1 Å². The van der Waals surface area contributed by atoms with Gasteiger partial charge in [-0.2, -0.15) is 0 Å². The van der Waals surface area contributed by atoms with Crippen LogP contribution in [-0.4, -0.2) is 17.2 Å².